The van der Waals surface area contributed by atoms with E-state index < -0.39 is 5.60 Å². The number of carbonyl (C=O) groups is 1. The number of likely N-dealkylation sites (tertiary alicyclic amines) is 1. The maximum atomic E-state index is 12.8. The number of aryl methyl sites for hydroxylation is 2. The number of hydrogen-bond donors (Lipinski definition) is 1. The highest BCUT2D eigenvalue weighted by Gasteiger charge is 2.44. The van der Waals surface area contributed by atoms with Crippen LogP contribution in [0.2, 0.25) is 0 Å². The molecule has 4 heteroatoms. The molecule has 0 aromatic heterocycles. The Kier molecular flexibility index (Phi) is 3.90. The molecule has 1 aromatic carbocycles. The molecule has 0 bridgehead atoms. The van der Waals surface area contributed by atoms with Crippen LogP contribution in [-0.4, -0.2) is 47.3 Å². The van der Waals surface area contributed by atoms with Crippen LogP contribution in [0.1, 0.15) is 53.6 Å². The molecule has 2 heterocycles. The topological polar surface area (TPSA) is 49.8 Å². The summed E-state index contributed by atoms with van der Waals surface area (Å²) in [5.74, 6) is 0.125. The van der Waals surface area contributed by atoms with Crippen LogP contribution in [0.25, 0.3) is 0 Å². The van der Waals surface area contributed by atoms with Gasteiger partial charge in [-0.1, -0.05) is 6.07 Å². The predicted octanol–water partition coefficient (Wildman–Crippen LogP) is 2.32. The zero-order valence-electron chi connectivity index (χ0n) is 13.6. The van der Waals surface area contributed by atoms with Crippen LogP contribution < -0.4 is 0 Å². The maximum absolute atomic E-state index is 12.8. The van der Waals surface area contributed by atoms with E-state index in [4.69, 9.17) is 4.74 Å². The number of benzene rings is 1. The van der Waals surface area contributed by atoms with Crippen molar-refractivity contribution >= 4 is 5.91 Å². The summed E-state index contributed by atoms with van der Waals surface area (Å²) in [4.78, 5) is 14.7. The molecule has 1 aliphatic carbocycles. The Labute approximate surface area is 137 Å². The fraction of sp³-hybridized carbons (Fsp3) is 0.632. The minimum absolute atomic E-state index is 0.125. The minimum atomic E-state index is -0.410. The van der Waals surface area contributed by atoms with Gasteiger partial charge >= 0.3 is 0 Å². The van der Waals surface area contributed by atoms with Gasteiger partial charge in [0.05, 0.1) is 11.7 Å². The number of amides is 1. The Hall–Kier alpha value is -1.39. The SMILES string of the molecule is O=C(c1ccc2c(c1)CCC2)N1CCC2(CC1)OCCC[C@H]2O. The van der Waals surface area contributed by atoms with E-state index in [0.717, 1.165) is 50.7 Å². The second-order valence-corrected chi connectivity index (χ2v) is 7.20. The third-order valence-corrected chi connectivity index (χ3v) is 5.86. The van der Waals surface area contributed by atoms with E-state index >= 15 is 0 Å². The zero-order valence-corrected chi connectivity index (χ0v) is 13.6. The first-order valence-corrected chi connectivity index (χ1v) is 8.91. The van der Waals surface area contributed by atoms with Crippen LogP contribution in [0.5, 0.6) is 0 Å². The number of fused-ring (bicyclic) bond motifs is 1. The third-order valence-electron chi connectivity index (χ3n) is 5.86. The fourth-order valence-corrected chi connectivity index (χ4v) is 4.36. The van der Waals surface area contributed by atoms with Crippen molar-refractivity contribution in [1.29, 1.82) is 0 Å². The van der Waals surface area contributed by atoms with Gasteiger partial charge in [-0.05, 0) is 68.2 Å². The van der Waals surface area contributed by atoms with E-state index in [1.165, 1.54) is 17.5 Å². The van der Waals surface area contributed by atoms with Gasteiger partial charge in [0.2, 0.25) is 0 Å². The van der Waals surface area contributed by atoms with Gasteiger partial charge in [0.15, 0.2) is 0 Å². The molecule has 1 aromatic rings. The highest BCUT2D eigenvalue weighted by atomic mass is 16.5. The van der Waals surface area contributed by atoms with Gasteiger partial charge < -0.3 is 14.7 Å². The van der Waals surface area contributed by atoms with E-state index in [2.05, 4.69) is 12.1 Å². The highest BCUT2D eigenvalue weighted by molar-refractivity contribution is 5.94. The smallest absolute Gasteiger partial charge is 0.253 e. The first-order chi connectivity index (χ1) is 11.2. The van der Waals surface area contributed by atoms with Crippen molar-refractivity contribution in [3.05, 3.63) is 34.9 Å². The van der Waals surface area contributed by atoms with Crippen LogP contribution in [0.4, 0.5) is 0 Å². The first-order valence-electron chi connectivity index (χ1n) is 8.91. The summed E-state index contributed by atoms with van der Waals surface area (Å²) in [6, 6.07) is 6.18. The average molecular weight is 315 g/mol. The molecule has 1 amide bonds. The molecule has 4 nitrogen and oxygen atoms in total. The van der Waals surface area contributed by atoms with Crippen molar-refractivity contribution in [2.45, 2.75) is 56.7 Å². The number of aliphatic hydroxyl groups excluding tert-OH is 1. The predicted molar refractivity (Wildman–Crippen MR) is 87.5 cm³/mol. The average Bonchev–Trinajstić information content (AvgIpc) is 3.05. The molecule has 124 valence electrons. The molecule has 0 radical (unpaired) electrons. The maximum Gasteiger partial charge on any atom is 0.253 e. The summed E-state index contributed by atoms with van der Waals surface area (Å²) in [7, 11) is 0. The molecule has 0 unspecified atom stereocenters. The monoisotopic (exact) mass is 315 g/mol. The molecule has 2 saturated heterocycles. The second kappa shape index (κ2) is 5.91. The normalized spacial score (nSPS) is 26.3. The van der Waals surface area contributed by atoms with Crippen LogP contribution in [-0.2, 0) is 17.6 Å². The molecule has 0 saturated carbocycles. The van der Waals surface area contributed by atoms with E-state index in [-0.39, 0.29) is 12.0 Å². The summed E-state index contributed by atoms with van der Waals surface area (Å²) in [6.07, 6.45) is 6.29. The van der Waals surface area contributed by atoms with Gasteiger partial charge in [-0.25, -0.2) is 0 Å². The summed E-state index contributed by atoms with van der Waals surface area (Å²) < 4.78 is 5.92. The quantitative estimate of drug-likeness (QED) is 0.865. The molecule has 4 rings (SSSR count). The van der Waals surface area contributed by atoms with E-state index in [9.17, 15) is 9.90 Å². The van der Waals surface area contributed by atoms with Crippen molar-refractivity contribution in [2.75, 3.05) is 19.7 Å². The Morgan fingerprint density at radius 3 is 2.74 bits per heavy atom. The number of piperidine rings is 1. The molecule has 1 spiro atoms. The summed E-state index contributed by atoms with van der Waals surface area (Å²) in [5.41, 5.74) is 3.15. The molecule has 1 atom stereocenters. The van der Waals surface area contributed by atoms with Gasteiger partial charge in [-0.15, -0.1) is 0 Å². The lowest BCUT2D eigenvalue weighted by molar-refractivity contribution is -0.174. The number of hydrogen-bond acceptors (Lipinski definition) is 3. The molecule has 2 aliphatic heterocycles. The van der Waals surface area contributed by atoms with Gasteiger partial charge in [0.1, 0.15) is 0 Å². The van der Waals surface area contributed by atoms with Crippen molar-refractivity contribution < 1.29 is 14.6 Å². The minimum Gasteiger partial charge on any atom is -0.390 e. The molecule has 1 N–H and O–H groups in total. The Morgan fingerprint density at radius 2 is 1.96 bits per heavy atom. The molecule has 23 heavy (non-hydrogen) atoms. The van der Waals surface area contributed by atoms with Crippen molar-refractivity contribution in [3.63, 3.8) is 0 Å². The van der Waals surface area contributed by atoms with E-state index in [1.54, 1.807) is 0 Å². The van der Waals surface area contributed by atoms with Crippen LogP contribution in [0.3, 0.4) is 0 Å². The third kappa shape index (κ3) is 2.68. The van der Waals surface area contributed by atoms with Crippen LogP contribution in [0.15, 0.2) is 18.2 Å². The Bertz CT molecular complexity index is 605. The van der Waals surface area contributed by atoms with E-state index in [1.807, 2.05) is 11.0 Å². The number of ether oxygens (including phenoxy) is 1. The highest BCUT2D eigenvalue weighted by Crippen LogP contribution is 2.35. The van der Waals surface area contributed by atoms with Gasteiger partial charge in [0, 0.05) is 25.3 Å². The van der Waals surface area contributed by atoms with Gasteiger partial charge in [-0.2, -0.15) is 0 Å². The Balaban J connectivity index is 1.45. The van der Waals surface area contributed by atoms with Crippen molar-refractivity contribution in [1.82, 2.24) is 4.90 Å². The lowest BCUT2D eigenvalue weighted by atomic mass is 9.82. The largest absolute Gasteiger partial charge is 0.390 e. The number of carbonyl (C=O) groups excluding carboxylic acids is 1. The van der Waals surface area contributed by atoms with Crippen molar-refractivity contribution in [3.8, 4) is 0 Å². The van der Waals surface area contributed by atoms with Crippen LogP contribution in [0, 0.1) is 0 Å². The fourth-order valence-electron chi connectivity index (χ4n) is 4.36. The summed E-state index contributed by atoms with van der Waals surface area (Å²) in [5, 5.41) is 10.3. The standard InChI is InChI=1S/C19H25NO3/c21-17-5-2-12-23-19(17)8-10-20(11-9-19)18(22)16-7-6-14-3-1-4-15(14)13-16/h6-7,13,17,21H,1-5,8-12H2/t17-/m1/s1. The molecular formula is C19H25NO3. The molecule has 2 fully saturated rings. The van der Waals surface area contributed by atoms with E-state index in [0.29, 0.717) is 13.1 Å². The lowest BCUT2D eigenvalue weighted by Crippen LogP contribution is -2.56. The number of aliphatic hydroxyl groups is 1. The summed E-state index contributed by atoms with van der Waals surface area (Å²) >= 11 is 0. The van der Waals surface area contributed by atoms with Crippen molar-refractivity contribution in [2.24, 2.45) is 0 Å². The molecule has 3 aliphatic rings. The first kappa shape index (κ1) is 15.2. The van der Waals surface area contributed by atoms with Gasteiger partial charge in [-0.3, -0.25) is 4.79 Å². The summed E-state index contributed by atoms with van der Waals surface area (Å²) in [6.45, 7) is 2.08. The molecular weight excluding hydrogens is 290 g/mol. The Morgan fingerprint density at radius 1 is 1.17 bits per heavy atom. The number of nitrogens with zero attached hydrogens (tertiary/aromatic N) is 1. The second-order valence-electron chi connectivity index (χ2n) is 7.20. The number of rotatable bonds is 1. The van der Waals surface area contributed by atoms with Gasteiger partial charge in [0.25, 0.3) is 5.91 Å². The van der Waals surface area contributed by atoms with Crippen LogP contribution >= 0.6 is 0 Å². The lowest BCUT2D eigenvalue weighted by Gasteiger charge is -2.46. The zero-order chi connectivity index (χ0) is 15.9.